The van der Waals surface area contributed by atoms with Gasteiger partial charge in [0.1, 0.15) is 5.75 Å². The molecule has 0 spiro atoms. The van der Waals surface area contributed by atoms with Crippen molar-refractivity contribution in [3.63, 3.8) is 0 Å². The molecule has 0 unspecified atom stereocenters. The molecule has 2 aromatic carbocycles. The number of aromatic nitrogens is 1. The van der Waals surface area contributed by atoms with E-state index in [-0.39, 0.29) is 18.2 Å². The van der Waals surface area contributed by atoms with E-state index in [4.69, 9.17) is 5.73 Å². The van der Waals surface area contributed by atoms with Crippen LogP contribution in [-0.4, -0.2) is 23.5 Å². The van der Waals surface area contributed by atoms with E-state index in [1.165, 1.54) is 6.07 Å². The molecule has 0 fully saturated rings. The third-order valence-corrected chi connectivity index (χ3v) is 4.54. The Labute approximate surface area is 168 Å². The molecule has 3 amide bonds. The number of nitrogens with zero attached hydrogens (tertiary/aromatic N) is 1. The van der Waals surface area contributed by atoms with Crippen molar-refractivity contribution in [1.29, 1.82) is 0 Å². The molecular weight excluding hydrogens is 402 g/mol. The average molecular weight is 418 g/mol. The fourth-order valence-electron chi connectivity index (χ4n) is 2.46. The number of urea groups is 1. The van der Waals surface area contributed by atoms with Crippen molar-refractivity contribution in [3.8, 4) is 17.0 Å². The first-order valence-corrected chi connectivity index (χ1v) is 9.23. The summed E-state index contributed by atoms with van der Waals surface area (Å²) in [5.74, 6) is -0.372. The quantitative estimate of drug-likeness (QED) is 0.542. The summed E-state index contributed by atoms with van der Waals surface area (Å²) in [6, 6.07) is 12.3. The van der Waals surface area contributed by atoms with Crippen LogP contribution in [0.3, 0.4) is 0 Å². The summed E-state index contributed by atoms with van der Waals surface area (Å²) >= 11 is 1.16. The number of hydrogen-bond donors (Lipinski definition) is 3. The van der Waals surface area contributed by atoms with E-state index in [0.29, 0.717) is 22.0 Å². The number of amides is 3. The third-order valence-electron chi connectivity index (χ3n) is 3.79. The average Bonchev–Trinajstić information content (AvgIpc) is 3.15. The van der Waals surface area contributed by atoms with Crippen LogP contribution >= 0.6 is 11.3 Å². The molecule has 0 saturated carbocycles. The lowest BCUT2D eigenvalue weighted by atomic mass is 10.1. The minimum Gasteiger partial charge on any atom is -0.434 e. The van der Waals surface area contributed by atoms with Gasteiger partial charge in [-0.15, -0.1) is 11.3 Å². The topological polar surface area (TPSA) is 106 Å². The minimum atomic E-state index is -2.95. The van der Waals surface area contributed by atoms with E-state index in [1.54, 1.807) is 47.8 Å². The molecule has 0 saturated heterocycles. The number of para-hydroxylation sites is 1. The maximum atomic E-state index is 12.6. The first kappa shape index (κ1) is 20.2. The number of halogens is 2. The number of carbonyl (C=O) groups excluding carboxylic acids is 2. The summed E-state index contributed by atoms with van der Waals surface area (Å²) in [5.41, 5.74) is 7.01. The normalized spacial score (nSPS) is 10.6. The van der Waals surface area contributed by atoms with Crippen LogP contribution in [0.25, 0.3) is 11.3 Å². The second-order valence-electron chi connectivity index (χ2n) is 5.78. The first-order valence-electron chi connectivity index (χ1n) is 8.35. The maximum absolute atomic E-state index is 12.6. The van der Waals surface area contributed by atoms with Crippen LogP contribution in [-0.2, 0) is 6.54 Å². The number of rotatable bonds is 7. The monoisotopic (exact) mass is 418 g/mol. The van der Waals surface area contributed by atoms with Crippen molar-refractivity contribution in [3.05, 3.63) is 65.0 Å². The predicted molar refractivity (Wildman–Crippen MR) is 105 cm³/mol. The van der Waals surface area contributed by atoms with Crippen molar-refractivity contribution < 1.29 is 23.1 Å². The summed E-state index contributed by atoms with van der Waals surface area (Å²) in [7, 11) is 0. The van der Waals surface area contributed by atoms with Crippen molar-refractivity contribution in [2.24, 2.45) is 5.73 Å². The highest BCUT2D eigenvalue weighted by molar-refractivity contribution is 7.14. The SMILES string of the molecule is NC(=O)NCc1ccc(C(=O)Nc2nc(-c3ccccc3OC(F)F)cs2)cc1. The summed E-state index contributed by atoms with van der Waals surface area (Å²) < 4.78 is 29.7. The van der Waals surface area contributed by atoms with Crippen molar-refractivity contribution >= 4 is 28.4 Å². The molecule has 150 valence electrons. The van der Waals surface area contributed by atoms with Crippen LogP contribution < -0.4 is 21.1 Å². The Balaban J connectivity index is 1.69. The highest BCUT2D eigenvalue weighted by atomic mass is 32.1. The zero-order chi connectivity index (χ0) is 20.8. The van der Waals surface area contributed by atoms with Gasteiger partial charge in [-0.3, -0.25) is 10.1 Å². The number of anilines is 1. The Morgan fingerprint density at radius 1 is 1.14 bits per heavy atom. The zero-order valence-electron chi connectivity index (χ0n) is 14.9. The largest absolute Gasteiger partial charge is 0.434 e. The van der Waals surface area contributed by atoms with E-state index < -0.39 is 12.6 Å². The molecule has 3 rings (SSSR count). The summed E-state index contributed by atoms with van der Waals surface area (Å²) in [6.45, 7) is -2.69. The number of thiazole rings is 1. The number of carbonyl (C=O) groups is 2. The smallest absolute Gasteiger partial charge is 0.387 e. The molecule has 29 heavy (non-hydrogen) atoms. The Kier molecular flexibility index (Phi) is 6.35. The molecule has 0 atom stereocenters. The molecule has 0 bridgehead atoms. The molecule has 1 heterocycles. The summed E-state index contributed by atoms with van der Waals surface area (Å²) in [6.07, 6.45) is 0. The van der Waals surface area contributed by atoms with Gasteiger partial charge in [0, 0.05) is 23.1 Å². The number of hydrogen-bond acceptors (Lipinski definition) is 5. The van der Waals surface area contributed by atoms with E-state index in [9.17, 15) is 18.4 Å². The number of alkyl halides is 2. The van der Waals surface area contributed by atoms with Gasteiger partial charge in [0.2, 0.25) is 0 Å². The Hall–Kier alpha value is -3.53. The molecule has 0 aliphatic rings. The van der Waals surface area contributed by atoms with Gasteiger partial charge >= 0.3 is 12.6 Å². The van der Waals surface area contributed by atoms with Gasteiger partial charge in [-0.05, 0) is 29.8 Å². The number of primary amides is 1. The fourth-order valence-corrected chi connectivity index (χ4v) is 3.17. The van der Waals surface area contributed by atoms with Gasteiger partial charge in [0.25, 0.3) is 5.91 Å². The van der Waals surface area contributed by atoms with E-state index in [1.807, 2.05) is 0 Å². The van der Waals surface area contributed by atoms with Gasteiger partial charge in [-0.2, -0.15) is 8.78 Å². The fraction of sp³-hybridized carbons (Fsp3) is 0.105. The van der Waals surface area contributed by atoms with Crippen molar-refractivity contribution in [2.75, 3.05) is 5.32 Å². The van der Waals surface area contributed by atoms with Crippen molar-refractivity contribution in [1.82, 2.24) is 10.3 Å². The third kappa shape index (κ3) is 5.48. The molecule has 4 N–H and O–H groups in total. The lowest BCUT2D eigenvalue weighted by Gasteiger charge is -2.08. The standard InChI is InChI=1S/C19H16F2N4O3S/c20-17(21)28-15-4-2-1-3-13(15)14-10-29-19(24-14)25-16(26)12-7-5-11(6-8-12)9-23-18(22)27/h1-8,10,17H,9H2,(H3,22,23,27)(H,24,25,26). The Morgan fingerprint density at radius 2 is 1.86 bits per heavy atom. The van der Waals surface area contributed by atoms with Crippen LogP contribution in [0.1, 0.15) is 15.9 Å². The van der Waals surface area contributed by atoms with Gasteiger partial charge in [-0.1, -0.05) is 24.3 Å². The van der Waals surface area contributed by atoms with E-state index in [0.717, 1.165) is 16.9 Å². The van der Waals surface area contributed by atoms with Crippen molar-refractivity contribution in [2.45, 2.75) is 13.2 Å². The lowest BCUT2D eigenvalue weighted by molar-refractivity contribution is -0.0494. The minimum absolute atomic E-state index is 0.00540. The van der Waals surface area contributed by atoms with Crippen LogP contribution in [0.5, 0.6) is 5.75 Å². The second kappa shape index (κ2) is 9.11. The van der Waals surface area contributed by atoms with Gasteiger partial charge in [0.05, 0.1) is 5.69 Å². The van der Waals surface area contributed by atoms with E-state index in [2.05, 4.69) is 20.4 Å². The number of benzene rings is 2. The molecule has 10 heteroatoms. The van der Waals surface area contributed by atoms with Crippen LogP contribution in [0.15, 0.2) is 53.9 Å². The molecular formula is C19H16F2N4O3S. The zero-order valence-corrected chi connectivity index (χ0v) is 15.7. The molecule has 0 aliphatic heterocycles. The second-order valence-corrected chi connectivity index (χ2v) is 6.64. The summed E-state index contributed by atoms with van der Waals surface area (Å²) in [4.78, 5) is 27.4. The molecule has 1 aromatic heterocycles. The van der Waals surface area contributed by atoms with Gasteiger partial charge < -0.3 is 15.8 Å². The van der Waals surface area contributed by atoms with Crippen LogP contribution in [0.2, 0.25) is 0 Å². The van der Waals surface area contributed by atoms with Crippen LogP contribution in [0, 0.1) is 0 Å². The maximum Gasteiger partial charge on any atom is 0.387 e. The molecule has 0 radical (unpaired) electrons. The number of nitrogens with two attached hydrogens (primary N) is 1. The number of ether oxygens (including phenoxy) is 1. The van der Waals surface area contributed by atoms with Gasteiger partial charge in [0.15, 0.2) is 5.13 Å². The molecule has 0 aliphatic carbocycles. The van der Waals surface area contributed by atoms with E-state index >= 15 is 0 Å². The molecule has 3 aromatic rings. The predicted octanol–water partition coefficient (Wildman–Crippen LogP) is 3.83. The van der Waals surface area contributed by atoms with Gasteiger partial charge in [-0.25, -0.2) is 9.78 Å². The Morgan fingerprint density at radius 3 is 2.55 bits per heavy atom. The highest BCUT2D eigenvalue weighted by Crippen LogP contribution is 2.33. The van der Waals surface area contributed by atoms with Crippen LogP contribution in [0.4, 0.5) is 18.7 Å². The molecule has 7 nitrogen and oxygen atoms in total. The summed E-state index contributed by atoms with van der Waals surface area (Å²) in [5, 5.41) is 7.08. The highest BCUT2D eigenvalue weighted by Gasteiger charge is 2.15. The first-order chi connectivity index (χ1) is 13.9. The Bertz CT molecular complexity index is 1010. The lowest BCUT2D eigenvalue weighted by Crippen LogP contribution is -2.28. The number of nitrogens with one attached hydrogen (secondary N) is 2.